The molecule has 2 N–H and O–H groups in total. The van der Waals surface area contributed by atoms with Gasteiger partial charge in [0.05, 0.1) is 17.3 Å². The van der Waals surface area contributed by atoms with Crippen molar-refractivity contribution in [2.45, 2.75) is 40.2 Å². The van der Waals surface area contributed by atoms with Crippen LogP contribution in [0.4, 0.5) is 0 Å². The predicted molar refractivity (Wildman–Crippen MR) is 84.6 cm³/mol. The Labute approximate surface area is 124 Å². The zero-order valence-corrected chi connectivity index (χ0v) is 13.4. The van der Waals surface area contributed by atoms with Crippen LogP contribution in [0.3, 0.4) is 0 Å². The summed E-state index contributed by atoms with van der Waals surface area (Å²) in [5.74, 6) is 0.964. The highest BCUT2D eigenvalue weighted by Gasteiger charge is 2.11. The van der Waals surface area contributed by atoms with Crippen LogP contribution in [0.1, 0.15) is 39.7 Å². The first-order valence-corrected chi connectivity index (χ1v) is 7.71. The molecule has 1 heterocycles. The van der Waals surface area contributed by atoms with E-state index in [4.69, 9.17) is 10.5 Å². The molecule has 0 saturated heterocycles. The van der Waals surface area contributed by atoms with Gasteiger partial charge in [0.1, 0.15) is 5.75 Å². The molecule has 2 aromatic rings. The molecule has 2 rings (SSSR count). The number of ether oxygens (including phenoxy) is 1. The number of aryl methyl sites for hydroxylation is 2. The molecule has 0 radical (unpaired) electrons. The van der Waals surface area contributed by atoms with E-state index in [0.29, 0.717) is 6.61 Å². The zero-order chi connectivity index (χ0) is 14.7. The first-order chi connectivity index (χ1) is 9.49. The Bertz CT molecular complexity index is 590. The highest BCUT2D eigenvalue weighted by molar-refractivity contribution is 7.11. The first kappa shape index (κ1) is 15.0. The van der Waals surface area contributed by atoms with Crippen molar-refractivity contribution in [3.05, 3.63) is 44.9 Å². The Balaban J connectivity index is 1.96. The van der Waals surface area contributed by atoms with Gasteiger partial charge in [-0.1, -0.05) is 12.1 Å². The van der Waals surface area contributed by atoms with E-state index in [-0.39, 0.29) is 6.04 Å². The van der Waals surface area contributed by atoms with Crippen LogP contribution in [0.2, 0.25) is 0 Å². The van der Waals surface area contributed by atoms with Crippen LogP contribution in [0.15, 0.2) is 18.2 Å². The molecule has 0 aliphatic rings. The molecule has 0 aliphatic carbocycles. The van der Waals surface area contributed by atoms with E-state index in [2.05, 4.69) is 24.9 Å². The number of hydrogen-bond donors (Lipinski definition) is 1. The second-order valence-electron chi connectivity index (χ2n) is 5.14. The summed E-state index contributed by atoms with van der Waals surface area (Å²) < 4.78 is 5.87. The monoisotopic (exact) mass is 290 g/mol. The van der Waals surface area contributed by atoms with E-state index in [1.54, 1.807) is 11.3 Å². The van der Waals surface area contributed by atoms with Crippen molar-refractivity contribution in [3.63, 3.8) is 0 Å². The molecule has 1 unspecified atom stereocenters. The minimum Gasteiger partial charge on any atom is -0.493 e. The van der Waals surface area contributed by atoms with Crippen LogP contribution >= 0.6 is 11.3 Å². The zero-order valence-electron chi connectivity index (χ0n) is 12.6. The third kappa shape index (κ3) is 3.38. The Morgan fingerprint density at radius 3 is 2.70 bits per heavy atom. The van der Waals surface area contributed by atoms with E-state index < -0.39 is 0 Å². The summed E-state index contributed by atoms with van der Waals surface area (Å²) in [7, 11) is 0. The van der Waals surface area contributed by atoms with Gasteiger partial charge >= 0.3 is 0 Å². The normalized spacial score (nSPS) is 12.4. The molecule has 108 valence electrons. The topological polar surface area (TPSA) is 48.1 Å². The third-order valence-electron chi connectivity index (χ3n) is 3.42. The SMILES string of the molecule is Cc1cccc(OCCc2nc(C)c(C(C)N)s2)c1C. The van der Waals surface area contributed by atoms with Crippen LogP contribution in [0.5, 0.6) is 5.75 Å². The van der Waals surface area contributed by atoms with E-state index in [0.717, 1.165) is 22.9 Å². The summed E-state index contributed by atoms with van der Waals surface area (Å²) in [5.41, 5.74) is 9.43. The lowest BCUT2D eigenvalue weighted by Crippen LogP contribution is -2.03. The fourth-order valence-electron chi connectivity index (χ4n) is 2.12. The van der Waals surface area contributed by atoms with E-state index in [1.165, 1.54) is 16.0 Å². The van der Waals surface area contributed by atoms with Crippen LogP contribution in [-0.2, 0) is 6.42 Å². The molecule has 0 saturated carbocycles. The lowest BCUT2D eigenvalue weighted by molar-refractivity contribution is 0.319. The second-order valence-corrected chi connectivity index (χ2v) is 6.26. The highest BCUT2D eigenvalue weighted by Crippen LogP contribution is 2.24. The number of aromatic nitrogens is 1. The summed E-state index contributed by atoms with van der Waals surface area (Å²) in [6.07, 6.45) is 0.825. The van der Waals surface area contributed by atoms with Gasteiger partial charge in [-0.15, -0.1) is 11.3 Å². The van der Waals surface area contributed by atoms with Crippen LogP contribution in [0, 0.1) is 20.8 Å². The third-order valence-corrected chi connectivity index (χ3v) is 4.84. The van der Waals surface area contributed by atoms with E-state index in [9.17, 15) is 0 Å². The molecule has 0 amide bonds. The Kier molecular flexibility index (Phi) is 4.78. The van der Waals surface area contributed by atoms with Gasteiger partial charge in [0, 0.05) is 17.3 Å². The summed E-state index contributed by atoms with van der Waals surface area (Å²) in [4.78, 5) is 5.73. The predicted octanol–water partition coefficient (Wildman–Crippen LogP) is 3.71. The summed E-state index contributed by atoms with van der Waals surface area (Å²) >= 11 is 1.69. The van der Waals surface area contributed by atoms with Crippen molar-refractivity contribution >= 4 is 11.3 Å². The second kappa shape index (κ2) is 6.37. The smallest absolute Gasteiger partial charge is 0.122 e. The minimum atomic E-state index is 0.0567. The molecule has 0 bridgehead atoms. The van der Waals surface area contributed by atoms with Gasteiger partial charge in [-0.3, -0.25) is 0 Å². The van der Waals surface area contributed by atoms with E-state index >= 15 is 0 Å². The fraction of sp³-hybridized carbons (Fsp3) is 0.438. The number of rotatable bonds is 5. The molecule has 20 heavy (non-hydrogen) atoms. The Morgan fingerprint density at radius 1 is 1.30 bits per heavy atom. The quantitative estimate of drug-likeness (QED) is 0.913. The maximum atomic E-state index is 5.92. The van der Waals surface area contributed by atoms with Crippen LogP contribution < -0.4 is 10.5 Å². The molecule has 1 aromatic carbocycles. The fourth-order valence-corrected chi connectivity index (χ4v) is 3.13. The largest absolute Gasteiger partial charge is 0.493 e. The van der Waals surface area contributed by atoms with Crippen molar-refractivity contribution in [1.29, 1.82) is 0 Å². The molecule has 4 heteroatoms. The van der Waals surface area contributed by atoms with Crippen LogP contribution in [0.25, 0.3) is 0 Å². The van der Waals surface area contributed by atoms with Gasteiger partial charge in [0.25, 0.3) is 0 Å². The van der Waals surface area contributed by atoms with Gasteiger partial charge in [-0.2, -0.15) is 0 Å². The summed E-state index contributed by atoms with van der Waals surface area (Å²) in [6, 6.07) is 6.20. The lowest BCUT2D eigenvalue weighted by Gasteiger charge is -2.09. The van der Waals surface area contributed by atoms with Gasteiger partial charge in [0.15, 0.2) is 0 Å². The molecular formula is C16H22N2OS. The number of benzene rings is 1. The Hall–Kier alpha value is -1.39. The van der Waals surface area contributed by atoms with Crippen LogP contribution in [-0.4, -0.2) is 11.6 Å². The number of nitrogens with two attached hydrogens (primary N) is 1. The number of hydrogen-bond acceptors (Lipinski definition) is 4. The molecular weight excluding hydrogens is 268 g/mol. The van der Waals surface area contributed by atoms with E-state index in [1.807, 2.05) is 26.0 Å². The van der Waals surface area contributed by atoms with Crippen molar-refractivity contribution < 1.29 is 4.74 Å². The highest BCUT2D eigenvalue weighted by atomic mass is 32.1. The molecule has 1 aromatic heterocycles. The van der Waals surface area contributed by atoms with Crippen molar-refractivity contribution in [1.82, 2.24) is 4.98 Å². The average Bonchev–Trinajstić information content (AvgIpc) is 2.76. The van der Waals surface area contributed by atoms with Crippen molar-refractivity contribution in [2.24, 2.45) is 5.73 Å². The van der Waals surface area contributed by atoms with Gasteiger partial charge in [-0.05, 0) is 44.9 Å². The summed E-state index contributed by atoms with van der Waals surface area (Å²) in [6.45, 7) is 8.85. The maximum absolute atomic E-state index is 5.92. The first-order valence-electron chi connectivity index (χ1n) is 6.90. The number of nitrogens with zero attached hydrogens (tertiary/aromatic N) is 1. The number of thiazole rings is 1. The molecule has 1 atom stereocenters. The maximum Gasteiger partial charge on any atom is 0.122 e. The standard InChI is InChI=1S/C16H22N2OS/c1-10-6-5-7-14(11(10)2)19-9-8-15-18-13(4)16(20-15)12(3)17/h5-7,12H,8-9,17H2,1-4H3. The lowest BCUT2D eigenvalue weighted by atomic mass is 10.1. The van der Waals surface area contributed by atoms with Gasteiger partial charge in [-0.25, -0.2) is 4.98 Å². The molecule has 0 aliphatic heterocycles. The summed E-state index contributed by atoms with van der Waals surface area (Å²) in [5, 5.41) is 1.10. The van der Waals surface area contributed by atoms with Gasteiger partial charge < -0.3 is 10.5 Å². The van der Waals surface area contributed by atoms with Crippen molar-refractivity contribution in [2.75, 3.05) is 6.61 Å². The molecule has 0 fully saturated rings. The van der Waals surface area contributed by atoms with Gasteiger partial charge in [0.2, 0.25) is 0 Å². The van der Waals surface area contributed by atoms with Crippen molar-refractivity contribution in [3.8, 4) is 5.75 Å². The average molecular weight is 290 g/mol. The Morgan fingerprint density at radius 2 is 2.05 bits per heavy atom. The molecule has 3 nitrogen and oxygen atoms in total. The minimum absolute atomic E-state index is 0.0567. The molecule has 0 spiro atoms.